The van der Waals surface area contributed by atoms with E-state index >= 15 is 0 Å². The molecular weight excluding hydrogens is 496 g/mol. The number of furan rings is 1. The highest BCUT2D eigenvalue weighted by Gasteiger charge is 2.22. The fraction of sp³-hybridized carbons (Fsp3) is 0.0286. The van der Waals surface area contributed by atoms with Crippen molar-refractivity contribution in [2.75, 3.05) is 4.90 Å². The van der Waals surface area contributed by atoms with E-state index in [0.717, 1.165) is 39.4 Å². The molecule has 0 saturated carbocycles. The van der Waals surface area contributed by atoms with E-state index in [2.05, 4.69) is 132 Å². The van der Waals surface area contributed by atoms with Crippen LogP contribution in [0.2, 0.25) is 0 Å². The van der Waals surface area contributed by atoms with Crippen LogP contribution in [-0.4, -0.2) is 0 Å². The summed E-state index contributed by atoms with van der Waals surface area (Å²) < 4.78 is 9.13. The molecule has 1 aliphatic heterocycles. The number of anilines is 3. The fourth-order valence-corrected chi connectivity index (χ4v) is 6.76. The van der Waals surface area contributed by atoms with Crippen LogP contribution in [0, 0.1) is 0 Å². The highest BCUT2D eigenvalue weighted by molar-refractivity contribution is 7.25. The zero-order chi connectivity index (χ0) is 25.8. The average Bonchev–Trinajstić information content (AvgIpc) is 3.57. The molecule has 0 radical (unpaired) electrons. The second-order valence-electron chi connectivity index (χ2n) is 9.83. The minimum atomic E-state index is 0.693. The van der Waals surface area contributed by atoms with Crippen LogP contribution in [-0.2, 0) is 6.54 Å². The Morgan fingerprint density at radius 2 is 1.38 bits per heavy atom. The maximum atomic E-state index is 6.53. The Hall–Kier alpha value is -4.80. The van der Waals surface area contributed by atoms with Crippen molar-refractivity contribution in [1.82, 2.24) is 5.32 Å². The lowest BCUT2D eigenvalue weighted by Crippen LogP contribution is -2.10. The van der Waals surface area contributed by atoms with E-state index in [1.165, 1.54) is 31.3 Å². The van der Waals surface area contributed by atoms with Crippen LogP contribution < -0.4 is 10.2 Å². The summed E-state index contributed by atoms with van der Waals surface area (Å²) in [6.07, 6.45) is 4.11. The normalized spacial score (nSPS) is 12.6. The molecule has 0 atom stereocenters. The van der Waals surface area contributed by atoms with Gasteiger partial charge in [0.2, 0.25) is 0 Å². The van der Waals surface area contributed by atoms with E-state index in [1.54, 1.807) is 0 Å². The molecule has 7 aromatic rings. The van der Waals surface area contributed by atoms with Gasteiger partial charge >= 0.3 is 0 Å². The maximum absolute atomic E-state index is 6.53. The van der Waals surface area contributed by atoms with Crippen LogP contribution in [0.1, 0.15) is 11.3 Å². The largest absolute Gasteiger partial charge is 0.456 e. The summed E-state index contributed by atoms with van der Waals surface area (Å²) in [5.41, 5.74) is 7.69. The van der Waals surface area contributed by atoms with E-state index in [-0.39, 0.29) is 0 Å². The van der Waals surface area contributed by atoms with Gasteiger partial charge < -0.3 is 14.6 Å². The molecular formula is C35H24N2OS. The zero-order valence-electron chi connectivity index (χ0n) is 21.1. The lowest BCUT2D eigenvalue weighted by molar-refractivity contribution is 0.533. The Morgan fingerprint density at radius 3 is 2.28 bits per heavy atom. The van der Waals surface area contributed by atoms with Crippen molar-refractivity contribution >= 4 is 65.6 Å². The molecule has 8 rings (SSSR count). The molecule has 4 heteroatoms. The van der Waals surface area contributed by atoms with Crippen LogP contribution in [0.5, 0.6) is 0 Å². The second kappa shape index (κ2) is 8.90. The van der Waals surface area contributed by atoms with Crippen molar-refractivity contribution in [2.24, 2.45) is 0 Å². The van der Waals surface area contributed by atoms with Crippen molar-refractivity contribution in [3.8, 4) is 11.1 Å². The first-order valence-corrected chi connectivity index (χ1v) is 14.0. The first-order valence-electron chi connectivity index (χ1n) is 13.1. The van der Waals surface area contributed by atoms with Crippen molar-refractivity contribution in [1.29, 1.82) is 0 Å². The van der Waals surface area contributed by atoms with Crippen LogP contribution >= 0.6 is 11.3 Å². The highest BCUT2D eigenvalue weighted by atomic mass is 32.1. The van der Waals surface area contributed by atoms with Gasteiger partial charge in [0.25, 0.3) is 0 Å². The number of hydrogen-bond acceptors (Lipinski definition) is 4. The molecule has 39 heavy (non-hydrogen) atoms. The lowest BCUT2D eigenvalue weighted by Gasteiger charge is -2.26. The Kier molecular flexibility index (Phi) is 5.07. The van der Waals surface area contributed by atoms with Gasteiger partial charge in [-0.15, -0.1) is 11.3 Å². The maximum Gasteiger partial charge on any atom is 0.159 e. The third kappa shape index (κ3) is 3.64. The Bertz CT molecular complexity index is 2020. The zero-order valence-corrected chi connectivity index (χ0v) is 21.9. The van der Waals surface area contributed by atoms with E-state index < -0.39 is 0 Å². The number of para-hydroxylation sites is 1. The van der Waals surface area contributed by atoms with Gasteiger partial charge in [0.1, 0.15) is 5.76 Å². The van der Waals surface area contributed by atoms with Gasteiger partial charge in [-0.1, -0.05) is 72.8 Å². The summed E-state index contributed by atoms with van der Waals surface area (Å²) in [6, 6.07) is 41.3. The minimum Gasteiger partial charge on any atom is -0.456 e. The second-order valence-corrected chi connectivity index (χ2v) is 10.9. The molecule has 3 nitrogen and oxygen atoms in total. The third-order valence-corrected chi connectivity index (χ3v) is 8.68. The van der Waals surface area contributed by atoms with Gasteiger partial charge in [0.05, 0.1) is 12.2 Å². The quantitative estimate of drug-likeness (QED) is 0.250. The van der Waals surface area contributed by atoms with Crippen molar-refractivity contribution in [3.05, 3.63) is 133 Å². The SMILES string of the molecule is C1=Cc2c(oc3c(N(c4ccc(-c5ccccc5)cc4)c4ccc5sc6ccccc6c5c4)cccc23)CN1. The molecule has 2 aromatic heterocycles. The van der Waals surface area contributed by atoms with Gasteiger partial charge in [-0.25, -0.2) is 0 Å². The number of rotatable bonds is 4. The summed E-state index contributed by atoms with van der Waals surface area (Å²) in [4.78, 5) is 2.33. The number of benzene rings is 5. The number of nitrogens with one attached hydrogen (secondary N) is 1. The molecule has 5 aromatic carbocycles. The van der Waals surface area contributed by atoms with Crippen LogP contribution in [0.4, 0.5) is 17.1 Å². The minimum absolute atomic E-state index is 0.693. The predicted octanol–water partition coefficient (Wildman–Crippen LogP) is 10.0. The smallest absolute Gasteiger partial charge is 0.159 e. The van der Waals surface area contributed by atoms with Crippen molar-refractivity contribution < 1.29 is 4.42 Å². The first kappa shape index (κ1) is 22.2. The Morgan fingerprint density at radius 1 is 0.641 bits per heavy atom. The highest BCUT2D eigenvalue weighted by Crippen LogP contribution is 2.44. The fourth-order valence-electron chi connectivity index (χ4n) is 5.67. The van der Waals surface area contributed by atoms with E-state index in [1.807, 2.05) is 17.5 Å². The van der Waals surface area contributed by atoms with Crippen LogP contribution in [0.3, 0.4) is 0 Å². The number of thiophene rings is 1. The number of hydrogen-bond donors (Lipinski definition) is 1. The molecule has 186 valence electrons. The molecule has 0 unspecified atom stereocenters. The van der Waals surface area contributed by atoms with E-state index in [0.29, 0.717) is 6.54 Å². The number of fused-ring (bicyclic) bond motifs is 6. The first-order chi connectivity index (χ1) is 19.3. The summed E-state index contributed by atoms with van der Waals surface area (Å²) in [5, 5.41) is 6.98. The average molecular weight is 521 g/mol. The standard InChI is InChI=1S/C35H24N2OS/c1-2-7-23(8-3-1)24-13-15-25(16-14-24)37(26-17-18-34-30(21-26)28-9-4-5-12-33(28)39-34)31-11-6-10-29-27-19-20-36-22-32(27)38-35(29)31/h1-21,36H,22H2. The summed E-state index contributed by atoms with van der Waals surface area (Å²) >= 11 is 1.84. The topological polar surface area (TPSA) is 28.4 Å². The van der Waals surface area contributed by atoms with E-state index in [4.69, 9.17) is 4.42 Å². The van der Waals surface area contributed by atoms with E-state index in [9.17, 15) is 0 Å². The van der Waals surface area contributed by atoms with Gasteiger partial charge in [-0.2, -0.15) is 0 Å². The molecule has 0 fully saturated rings. The predicted molar refractivity (Wildman–Crippen MR) is 165 cm³/mol. The molecule has 1 aliphatic rings. The van der Waals surface area contributed by atoms with Gasteiger partial charge in [0, 0.05) is 42.5 Å². The monoisotopic (exact) mass is 520 g/mol. The molecule has 1 N–H and O–H groups in total. The molecule has 0 bridgehead atoms. The van der Waals surface area contributed by atoms with Crippen molar-refractivity contribution in [3.63, 3.8) is 0 Å². The molecule has 0 amide bonds. The number of nitrogens with zero attached hydrogens (tertiary/aromatic N) is 1. The van der Waals surface area contributed by atoms with Crippen LogP contribution in [0.15, 0.2) is 126 Å². The summed E-state index contributed by atoms with van der Waals surface area (Å²) in [5.74, 6) is 0.971. The third-order valence-electron chi connectivity index (χ3n) is 7.53. The van der Waals surface area contributed by atoms with Gasteiger partial charge in [0.15, 0.2) is 5.58 Å². The molecule has 0 saturated heterocycles. The molecule has 3 heterocycles. The summed E-state index contributed by atoms with van der Waals surface area (Å²) in [7, 11) is 0. The van der Waals surface area contributed by atoms with Gasteiger partial charge in [-0.05, 0) is 65.9 Å². The Balaban J connectivity index is 1.35. The Labute approximate surface area is 230 Å². The van der Waals surface area contributed by atoms with Crippen molar-refractivity contribution in [2.45, 2.75) is 6.54 Å². The van der Waals surface area contributed by atoms with Gasteiger partial charge in [-0.3, -0.25) is 0 Å². The summed E-state index contributed by atoms with van der Waals surface area (Å²) in [6.45, 7) is 0.693. The van der Waals surface area contributed by atoms with Crippen LogP contribution in [0.25, 0.3) is 48.3 Å². The lowest BCUT2D eigenvalue weighted by atomic mass is 10.0. The molecule has 0 spiro atoms. The molecule has 0 aliphatic carbocycles.